The minimum atomic E-state index is -0.224. The van der Waals surface area contributed by atoms with Crippen molar-refractivity contribution in [3.8, 4) is 0 Å². The normalized spacial score (nSPS) is 12.8. The molecule has 86 valence electrons. The minimum Gasteiger partial charge on any atom is -0.394 e. The monoisotopic (exact) mass is 226 g/mol. The Bertz CT molecular complexity index is 468. The Balaban J connectivity index is 2.14. The molecule has 0 saturated carbocycles. The van der Waals surface area contributed by atoms with Crippen molar-refractivity contribution in [1.82, 2.24) is 4.98 Å². The van der Waals surface area contributed by atoms with E-state index in [1.165, 1.54) is 0 Å². The van der Waals surface area contributed by atoms with Crippen molar-refractivity contribution in [2.75, 3.05) is 6.61 Å². The van der Waals surface area contributed by atoms with Crippen molar-refractivity contribution in [2.45, 2.75) is 6.04 Å². The average molecular weight is 226 g/mol. The summed E-state index contributed by atoms with van der Waals surface area (Å²) in [6, 6.07) is 15.2. The summed E-state index contributed by atoms with van der Waals surface area (Å²) in [5.74, 6) is 0. The number of benzene rings is 1. The Labute approximate surface area is 100 Å². The number of aromatic nitrogens is 1. The van der Waals surface area contributed by atoms with E-state index in [4.69, 9.17) is 0 Å². The van der Waals surface area contributed by atoms with Crippen LogP contribution in [-0.2, 0) is 0 Å². The molecule has 1 aromatic heterocycles. The molecule has 3 nitrogen and oxygen atoms in total. The topological polar surface area (TPSA) is 45.5 Å². The van der Waals surface area contributed by atoms with E-state index in [9.17, 15) is 5.11 Å². The van der Waals surface area contributed by atoms with Crippen LogP contribution in [0.15, 0.2) is 59.7 Å². The lowest BCUT2D eigenvalue weighted by molar-refractivity contribution is 0.269. The lowest BCUT2D eigenvalue weighted by atomic mass is 10.1. The van der Waals surface area contributed by atoms with Crippen LogP contribution in [0.4, 0.5) is 0 Å². The fourth-order valence-corrected chi connectivity index (χ4v) is 1.53. The van der Waals surface area contributed by atoms with Gasteiger partial charge in [-0.2, -0.15) is 0 Å². The second-order valence-electron chi connectivity index (χ2n) is 3.64. The first kappa shape index (κ1) is 11.5. The van der Waals surface area contributed by atoms with Gasteiger partial charge >= 0.3 is 0 Å². The molecule has 0 aliphatic carbocycles. The summed E-state index contributed by atoms with van der Waals surface area (Å²) in [6.45, 7) is -0.00660. The number of aliphatic hydroxyl groups excluding tert-OH is 1. The molecule has 2 rings (SSSR count). The van der Waals surface area contributed by atoms with Crippen LogP contribution in [-0.4, -0.2) is 22.9 Å². The van der Waals surface area contributed by atoms with Gasteiger partial charge in [-0.05, 0) is 17.7 Å². The number of rotatable bonds is 4. The summed E-state index contributed by atoms with van der Waals surface area (Å²) in [7, 11) is 0. The van der Waals surface area contributed by atoms with Gasteiger partial charge in [-0.25, -0.2) is 0 Å². The zero-order valence-corrected chi connectivity index (χ0v) is 9.40. The van der Waals surface area contributed by atoms with Crippen molar-refractivity contribution in [1.29, 1.82) is 0 Å². The molecule has 2 aromatic rings. The smallest absolute Gasteiger partial charge is 0.0980 e. The van der Waals surface area contributed by atoms with E-state index in [1.807, 2.05) is 48.5 Å². The van der Waals surface area contributed by atoms with Crippen LogP contribution < -0.4 is 0 Å². The molecule has 0 amide bonds. The van der Waals surface area contributed by atoms with E-state index in [1.54, 1.807) is 12.4 Å². The molecule has 3 heteroatoms. The molecule has 0 saturated heterocycles. The number of hydrogen-bond donors (Lipinski definition) is 1. The van der Waals surface area contributed by atoms with Gasteiger partial charge in [0.15, 0.2) is 0 Å². The van der Waals surface area contributed by atoms with E-state index < -0.39 is 0 Å². The van der Waals surface area contributed by atoms with E-state index >= 15 is 0 Å². The molecule has 1 unspecified atom stereocenters. The third kappa shape index (κ3) is 3.23. The minimum absolute atomic E-state index is 0.00660. The molecule has 0 aliphatic rings. The Morgan fingerprint density at radius 1 is 1.12 bits per heavy atom. The van der Waals surface area contributed by atoms with Gasteiger partial charge in [0.2, 0.25) is 0 Å². The number of pyridine rings is 1. The highest BCUT2D eigenvalue weighted by Crippen LogP contribution is 2.15. The first-order valence-corrected chi connectivity index (χ1v) is 5.50. The highest BCUT2D eigenvalue weighted by Gasteiger charge is 2.06. The Morgan fingerprint density at radius 2 is 1.88 bits per heavy atom. The van der Waals surface area contributed by atoms with E-state index in [-0.39, 0.29) is 12.6 Å². The Hall–Kier alpha value is -2.00. The third-order valence-corrected chi connectivity index (χ3v) is 2.43. The molecular weight excluding hydrogens is 212 g/mol. The zero-order chi connectivity index (χ0) is 11.9. The molecule has 1 N–H and O–H groups in total. The maximum atomic E-state index is 9.32. The first-order chi connectivity index (χ1) is 8.40. The summed E-state index contributed by atoms with van der Waals surface area (Å²) in [5.41, 5.74) is 1.80. The van der Waals surface area contributed by atoms with Crippen LogP contribution >= 0.6 is 0 Å². The van der Waals surface area contributed by atoms with Gasteiger partial charge in [0, 0.05) is 12.4 Å². The van der Waals surface area contributed by atoms with Crippen LogP contribution in [0.2, 0.25) is 0 Å². The molecule has 0 spiro atoms. The van der Waals surface area contributed by atoms with Crippen molar-refractivity contribution >= 4 is 6.21 Å². The maximum absolute atomic E-state index is 9.32. The summed E-state index contributed by atoms with van der Waals surface area (Å²) in [6.07, 6.45) is 3.41. The van der Waals surface area contributed by atoms with Crippen LogP contribution in [0.3, 0.4) is 0 Å². The molecule has 17 heavy (non-hydrogen) atoms. The van der Waals surface area contributed by atoms with Crippen molar-refractivity contribution < 1.29 is 5.11 Å². The van der Waals surface area contributed by atoms with Crippen molar-refractivity contribution in [3.05, 3.63) is 66.0 Å². The summed E-state index contributed by atoms with van der Waals surface area (Å²) < 4.78 is 0. The predicted octanol–water partition coefficient (Wildman–Crippen LogP) is 2.23. The predicted molar refractivity (Wildman–Crippen MR) is 68.1 cm³/mol. The molecule has 1 aromatic carbocycles. The van der Waals surface area contributed by atoms with Crippen LogP contribution in [0.1, 0.15) is 17.3 Å². The van der Waals surface area contributed by atoms with E-state index in [2.05, 4.69) is 9.98 Å². The first-order valence-electron chi connectivity index (χ1n) is 5.50. The van der Waals surface area contributed by atoms with Crippen LogP contribution in [0, 0.1) is 0 Å². The van der Waals surface area contributed by atoms with Gasteiger partial charge in [0.05, 0.1) is 18.3 Å². The number of aliphatic hydroxyl groups is 1. The molecular formula is C14H14N2O. The fourth-order valence-electron chi connectivity index (χ4n) is 1.53. The number of aliphatic imine (C=N–C) groups is 1. The summed E-state index contributed by atoms with van der Waals surface area (Å²) in [4.78, 5) is 8.49. The third-order valence-electron chi connectivity index (χ3n) is 2.43. The van der Waals surface area contributed by atoms with Gasteiger partial charge in [0.1, 0.15) is 0 Å². The second-order valence-corrected chi connectivity index (χ2v) is 3.64. The Morgan fingerprint density at radius 3 is 2.53 bits per heavy atom. The fraction of sp³-hybridized carbons (Fsp3) is 0.143. The van der Waals surface area contributed by atoms with Gasteiger partial charge in [-0.3, -0.25) is 9.98 Å². The molecule has 0 bridgehead atoms. The summed E-state index contributed by atoms with van der Waals surface area (Å²) >= 11 is 0. The SMILES string of the molecule is OCC(/N=C/c1ccccn1)c1ccccc1. The second kappa shape index (κ2) is 5.92. The molecule has 1 atom stereocenters. The average Bonchev–Trinajstić information content (AvgIpc) is 2.42. The highest BCUT2D eigenvalue weighted by molar-refractivity contribution is 5.76. The molecule has 0 aliphatic heterocycles. The van der Waals surface area contributed by atoms with Gasteiger partial charge in [0.25, 0.3) is 0 Å². The highest BCUT2D eigenvalue weighted by atomic mass is 16.3. The molecule has 0 radical (unpaired) electrons. The Kier molecular flexibility index (Phi) is 4.00. The van der Waals surface area contributed by atoms with Crippen LogP contribution in [0.5, 0.6) is 0 Å². The number of nitrogens with zero attached hydrogens (tertiary/aromatic N) is 2. The van der Waals surface area contributed by atoms with Gasteiger partial charge in [-0.1, -0.05) is 36.4 Å². The van der Waals surface area contributed by atoms with E-state index in [0.29, 0.717) is 0 Å². The molecule has 0 fully saturated rings. The van der Waals surface area contributed by atoms with E-state index in [0.717, 1.165) is 11.3 Å². The maximum Gasteiger partial charge on any atom is 0.0980 e. The molecule has 1 heterocycles. The van der Waals surface area contributed by atoms with Gasteiger partial charge in [-0.15, -0.1) is 0 Å². The van der Waals surface area contributed by atoms with Gasteiger partial charge < -0.3 is 5.11 Å². The lowest BCUT2D eigenvalue weighted by Crippen LogP contribution is -2.01. The van der Waals surface area contributed by atoms with Crippen LogP contribution in [0.25, 0.3) is 0 Å². The lowest BCUT2D eigenvalue weighted by Gasteiger charge is -2.08. The zero-order valence-electron chi connectivity index (χ0n) is 9.40. The van der Waals surface area contributed by atoms with Crippen molar-refractivity contribution in [2.24, 2.45) is 4.99 Å². The largest absolute Gasteiger partial charge is 0.394 e. The van der Waals surface area contributed by atoms with Crippen molar-refractivity contribution in [3.63, 3.8) is 0 Å². The number of hydrogen-bond acceptors (Lipinski definition) is 3. The standard InChI is InChI=1S/C14H14N2O/c17-11-14(12-6-2-1-3-7-12)16-10-13-8-4-5-9-15-13/h1-10,14,17H,11H2/b16-10+. The quantitative estimate of drug-likeness (QED) is 0.812. The summed E-state index contributed by atoms with van der Waals surface area (Å²) in [5, 5.41) is 9.32.